The molecular weight excluding hydrogens is 388 g/mol. The number of hydrogen-bond donors (Lipinski definition) is 1. The summed E-state index contributed by atoms with van der Waals surface area (Å²) in [4.78, 5) is 22.6. The van der Waals surface area contributed by atoms with Crippen LogP contribution in [-0.4, -0.2) is 50.6 Å². The van der Waals surface area contributed by atoms with Crippen LogP contribution in [0, 0.1) is 0 Å². The van der Waals surface area contributed by atoms with E-state index in [0.29, 0.717) is 6.54 Å². The van der Waals surface area contributed by atoms with Crippen LogP contribution in [0.25, 0.3) is 0 Å². The van der Waals surface area contributed by atoms with Crippen LogP contribution in [0.2, 0.25) is 0 Å². The van der Waals surface area contributed by atoms with E-state index in [9.17, 15) is 4.79 Å². The maximum absolute atomic E-state index is 12.5. The second kappa shape index (κ2) is 8.09. The Labute approximate surface area is 155 Å². The number of H-pyrrole nitrogens is 1. The zero-order valence-electron chi connectivity index (χ0n) is 13.8. The Kier molecular flexibility index (Phi) is 5.86. The maximum Gasteiger partial charge on any atom is 0.278 e. The molecule has 0 bridgehead atoms. The molecule has 7 heteroatoms. The van der Waals surface area contributed by atoms with Gasteiger partial charge in [0.25, 0.3) is 11.7 Å². The van der Waals surface area contributed by atoms with Crippen molar-refractivity contribution >= 4 is 39.0 Å². The predicted molar refractivity (Wildman–Crippen MR) is 99.3 cm³/mol. The Bertz CT molecular complexity index is 670. The van der Waals surface area contributed by atoms with E-state index in [2.05, 4.69) is 51.1 Å². The number of piperazine rings is 1. The van der Waals surface area contributed by atoms with Gasteiger partial charge in [0.15, 0.2) is 6.54 Å². The molecule has 1 aliphatic rings. The summed E-state index contributed by atoms with van der Waals surface area (Å²) < 4.78 is 1.14. The van der Waals surface area contributed by atoms with Gasteiger partial charge in [-0.05, 0) is 34.1 Å². The number of pyridine rings is 1. The third-order valence-electron chi connectivity index (χ3n) is 4.22. The molecule has 2 aromatic heterocycles. The minimum atomic E-state index is 0.250. The van der Waals surface area contributed by atoms with Gasteiger partial charge in [-0.3, -0.25) is 9.69 Å². The highest BCUT2D eigenvalue weighted by Crippen LogP contribution is 2.21. The van der Waals surface area contributed by atoms with E-state index in [0.717, 1.165) is 42.3 Å². The first-order chi connectivity index (χ1) is 11.6. The number of aromatic nitrogens is 1. The van der Waals surface area contributed by atoms with E-state index in [1.54, 1.807) is 11.3 Å². The summed E-state index contributed by atoms with van der Waals surface area (Å²) >= 11 is 5.22. The van der Waals surface area contributed by atoms with Crippen molar-refractivity contribution in [3.8, 4) is 0 Å². The Balaban J connectivity index is 1.46. The van der Waals surface area contributed by atoms with Crippen LogP contribution in [-0.2, 0) is 11.3 Å². The summed E-state index contributed by atoms with van der Waals surface area (Å²) in [5.74, 6) is 1.37. The molecule has 2 N–H and O–H groups in total. The molecule has 0 radical (unpaired) electrons. The molecule has 1 aliphatic heterocycles. The van der Waals surface area contributed by atoms with Crippen molar-refractivity contribution in [2.24, 2.45) is 0 Å². The van der Waals surface area contributed by atoms with Crippen LogP contribution in [0.1, 0.15) is 4.88 Å². The van der Waals surface area contributed by atoms with Crippen molar-refractivity contribution in [2.45, 2.75) is 6.54 Å². The fraction of sp³-hybridized carbons (Fsp3) is 0.412. The van der Waals surface area contributed by atoms with Gasteiger partial charge in [0, 0.05) is 6.07 Å². The number of nitrogens with one attached hydrogen (secondary N) is 2. The van der Waals surface area contributed by atoms with Crippen LogP contribution in [0.15, 0.2) is 40.3 Å². The summed E-state index contributed by atoms with van der Waals surface area (Å²) in [5, 5.41) is 0. The zero-order valence-corrected chi connectivity index (χ0v) is 16.2. The van der Waals surface area contributed by atoms with Gasteiger partial charge >= 0.3 is 0 Å². The molecule has 0 aromatic carbocycles. The largest absolute Gasteiger partial charge is 0.330 e. The second-order valence-electron chi connectivity index (χ2n) is 6.13. The molecule has 2 aromatic rings. The van der Waals surface area contributed by atoms with Crippen molar-refractivity contribution in [3.05, 3.63) is 45.2 Å². The fourth-order valence-corrected chi connectivity index (χ4v) is 4.55. The SMILES string of the molecule is C[NH+](CC(=O)N1CCN(c2cccc[nH+]2)CC1)Cc1ccc(Br)s1. The highest BCUT2D eigenvalue weighted by Gasteiger charge is 2.27. The molecule has 0 aliphatic carbocycles. The summed E-state index contributed by atoms with van der Waals surface area (Å²) in [6.45, 7) is 4.78. The minimum Gasteiger partial charge on any atom is -0.330 e. The van der Waals surface area contributed by atoms with Crippen LogP contribution < -0.4 is 14.8 Å². The van der Waals surface area contributed by atoms with E-state index in [4.69, 9.17) is 0 Å². The van der Waals surface area contributed by atoms with Crippen molar-refractivity contribution in [3.63, 3.8) is 0 Å². The number of carbonyl (C=O) groups is 1. The van der Waals surface area contributed by atoms with E-state index < -0.39 is 0 Å². The Morgan fingerprint density at radius 3 is 2.67 bits per heavy atom. The number of amides is 1. The Morgan fingerprint density at radius 2 is 2.04 bits per heavy atom. The lowest BCUT2D eigenvalue weighted by Crippen LogP contribution is -3.08. The molecule has 5 nitrogen and oxygen atoms in total. The average molecular weight is 411 g/mol. The van der Waals surface area contributed by atoms with Gasteiger partial charge in [-0.1, -0.05) is 6.07 Å². The second-order valence-corrected chi connectivity index (χ2v) is 8.68. The number of nitrogens with zero attached hydrogens (tertiary/aromatic N) is 2. The predicted octanol–water partition coefficient (Wildman–Crippen LogP) is 0.688. The zero-order chi connectivity index (χ0) is 16.9. The summed E-state index contributed by atoms with van der Waals surface area (Å²) in [7, 11) is 2.08. The van der Waals surface area contributed by atoms with Gasteiger partial charge in [-0.15, -0.1) is 11.3 Å². The lowest BCUT2D eigenvalue weighted by Gasteiger charge is -2.31. The monoisotopic (exact) mass is 410 g/mol. The molecule has 3 rings (SSSR count). The molecule has 1 unspecified atom stereocenters. The minimum absolute atomic E-state index is 0.250. The molecular formula is C17H23BrN4OS+2. The molecule has 1 saturated heterocycles. The van der Waals surface area contributed by atoms with E-state index in [1.807, 2.05) is 23.2 Å². The standard InChI is InChI=1S/C17H21BrN4OS/c1-20(12-14-5-6-15(18)24-14)13-17(23)22-10-8-21(9-11-22)16-4-2-3-7-19-16/h2-7H,8-13H2,1H3/p+2. The number of carbonyl (C=O) groups excluding carboxylic acids is 1. The molecule has 0 saturated carbocycles. The highest BCUT2D eigenvalue weighted by molar-refractivity contribution is 9.11. The first-order valence-corrected chi connectivity index (χ1v) is 9.78. The number of halogens is 1. The summed E-state index contributed by atoms with van der Waals surface area (Å²) in [5.41, 5.74) is 0. The number of thiophene rings is 1. The van der Waals surface area contributed by atoms with E-state index in [1.165, 1.54) is 9.78 Å². The molecule has 1 atom stereocenters. The number of rotatable bonds is 5. The van der Waals surface area contributed by atoms with Gasteiger partial charge in [0.2, 0.25) is 0 Å². The van der Waals surface area contributed by atoms with Crippen LogP contribution >= 0.6 is 27.3 Å². The van der Waals surface area contributed by atoms with Gasteiger partial charge in [-0.25, -0.2) is 4.98 Å². The number of quaternary nitrogens is 1. The third kappa shape index (κ3) is 4.55. The van der Waals surface area contributed by atoms with Crippen LogP contribution in [0.4, 0.5) is 5.82 Å². The van der Waals surface area contributed by atoms with Gasteiger partial charge in [0.05, 0.1) is 35.0 Å². The molecule has 1 amide bonds. The molecule has 24 heavy (non-hydrogen) atoms. The number of anilines is 1. The lowest BCUT2D eigenvalue weighted by atomic mass is 10.3. The molecule has 128 valence electrons. The summed E-state index contributed by atoms with van der Waals surface area (Å²) in [6, 6.07) is 10.3. The molecule has 1 fully saturated rings. The number of hydrogen-bond acceptors (Lipinski definition) is 3. The lowest BCUT2D eigenvalue weighted by molar-refractivity contribution is -0.885. The third-order valence-corrected chi connectivity index (χ3v) is 5.85. The van der Waals surface area contributed by atoms with Crippen LogP contribution in [0.5, 0.6) is 0 Å². The Morgan fingerprint density at radius 1 is 1.25 bits per heavy atom. The van der Waals surface area contributed by atoms with E-state index >= 15 is 0 Å². The number of likely N-dealkylation sites (N-methyl/N-ethyl adjacent to an activating group) is 1. The summed E-state index contributed by atoms with van der Waals surface area (Å²) in [6.07, 6.45) is 1.94. The van der Waals surface area contributed by atoms with Crippen molar-refractivity contribution in [1.29, 1.82) is 0 Å². The topological polar surface area (TPSA) is 42.1 Å². The van der Waals surface area contributed by atoms with Gasteiger partial charge in [0.1, 0.15) is 19.6 Å². The average Bonchev–Trinajstić information content (AvgIpc) is 3.00. The highest BCUT2D eigenvalue weighted by atomic mass is 79.9. The molecule has 0 spiro atoms. The smallest absolute Gasteiger partial charge is 0.278 e. The van der Waals surface area contributed by atoms with Crippen molar-refractivity contribution in [1.82, 2.24) is 4.90 Å². The quantitative estimate of drug-likeness (QED) is 0.787. The maximum atomic E-state index is 12.5. The normalized spacial score (nSPS) is 16.2. The van der Waals surface area contributed by atoms with Gasteiger partial charge in [-0.2, -0.15) is 0 Å². The van der Waals surface area contributed by atoms with E-state index in [-0.39, 0.29) is 5.91 Å². The van der Waals surface area contributed by atoms with Crippen molar-refractivity contribution in [2.75, 3.05) is 44.7 Å². The first-order valence-electron chi connectivity index (χ1n) is 8.17. The Hall–Kier alpha value is -1.44. The molecule has 3 heterocycles. The number of aromatic amines is 1. The van der Waals surface area contributed by atoms with Crippen molar-refractivity contribution < 1.29 is 14.7 Å². The first kappa shape index (κ1) is 17.4. The fourth-order valence-electron chi connectivity index (χ4n) is 2.95. The van der Waals surface area contributed by atoms with Gasteiger partial charge < -0.3 is 9.80 Å². The van der Waals surface area contributed by atoms with Crippen LogP contribution in [0.3, 0.4) is 0 Å².